The van der Waals surface area contributed by atoms with Gasteiger partial charge in [0.25, 0.3) is 0 Å². The summed E-state index contributed by atoms with van der Waals surface area (Å²) < 4.78 is 5.16. The monoisotopic (exact) mass is 353 g/mol. The van der Waals surface area contributed by atoms with Crippen molar-refractivity contribution in [2.75, 3.05) is 46.4 Å². The van der Waals surface area contributed by atoms with E-state index in [1.807, 2.05) is 29.2 Å². The molecule has 1 N–H and O–H groups in total. The summed E-state index contributed by atoms with van der Waals surface area (Å²) in [5.41, 5.74) is 1.19. The number of benzene rings is 1. The Hall–Kier alpha value is -1.30. The van der Waals surface area contributed by atoms with Crippen LogP contribution >= 0.6 is 12.4 Å². The fourth-order valence-corrected chi connectivity index (χ4v) is 3.49. The predicted molar refractivity (Wildman–Crippen MR) is 98.0 cm³/mol. The highest BCUT2D eigenvalue weighted by molar-refractivity contribution is 5.85. The maximum Gasteiger partial charge on any atom is 0.222 e. The van der Waals surface area contributed by atoms with E-state index in [1.54, 1.807) is 7.11 Å². The van der Waals surface area contributed by atoms with E-state index in [1.165, 1.54) is 12.0 Å². The predicted octanol–water partition coefficient (Wildman–Crippen LogP) is 1.56. The molecule has 6 heteroatoms. The third-order valence-electron chi connectivity index (χ3n) is 5.00. The number of carbonyl (C=O) groups is 1. The highest BCUT2D eigenvalue weighted by Gasteiger charge is 2.27. The molecule has 5 nitrogen and oxygen atoms in total. The molecular weight excluding hydrogens is 326 g/mol. The number of piperazine rings is 1. The Morgan fingerprint density at radius 3 is 2.50 bits per heavy atom. The Kier molecular flexibility index (Phi) is 7.34. The van der Waals surface area contributed by atoms with Crippen molar-refractivity contribution in [1.82, 2.24) is 15.1 Å². The summed E-state index contributed by atoms with van der Waals surface area (Å²) >= 11 is 0. The molecule has 0 spiro atoms. The van der Waals surface area contributed by atoms with Gasteiger partial charge in [0.2, 0.25) is 5.91 Å². The van der Waals surface area contributed by atoms with Gasteiger partial charge in [0, 0.05) is 45.2 Å². The first-order chi connectivity index (χ1) is 11.3. The second kappa shape index (κ2) is 9.25. The van der Waals surface area contributed by atoms with Crippen LogP contribution in [0.15, 0.2) is 24.3 Å². The minimum atomic E-state index is 0. The molecule has 1 amide bonds. The summed E-state index contributed by atoms with van der Waals surface area (Å²) in [5.74, 6) is 1.14. The lowest BCUT2D eigenvalue weighted by Gasteiger charge is -2.37. The second-order valence-electron chi connectivity index (χ2n) is 6.41. The third kappa shape index (κ3) is 4.85. The van der Waals surface area contributed by atoms with Gasteiger partial charge in [-0.25, -0.2) is 0 Å². The van der Waals surface area contributed by atoms with Crippen molar-refractivity contribution in [3.63, 3.8) is 0 Å². The number of amides is 1. The number of nitrogens with one attached hydrogen (secondary N) is 1. The molecule has 2 heterocycles. The molecule has 0 radical (unpaired) electrons. The highest BCUT2D eigenvalue weighted by Crippen LogP contribution is 2.15. The largest absolute Gasteiger partial charge is 0.497 e. The molecule has 2 saturated heterocycles. The molecule has 0 aromatic heterocycles. The van der Waals surface area contributed by atoms with Gasteiger partial charge in [-0.3, -0.25) is 9.69 Å². The van der Waals surface area contributed by atoms with Gasteiger partial charge in [0.15, 0.2) is 0 Å². The maximum absolute atomic E-state index is 12.4. The number of nitrogens with zero attached hydrogens (tertiary/aromatic N) is 2. The van der Waals surface area contributed by atoms with E-state index in [0.717, 1.165) is 51.4 Å². The van der Waals surface area contributed by atoms with Gasteiger partial charge in [0.1, 0.15) is 5.75 Å². The van der Waals surface area contributed by atoms with Crippen LogP contribution in [0.3, 0.4) is 0 Å². The number of ether oxygens (including phenoxy) is 1. The van der Waals surface area contributed by atoms with E-state index in [-0.39, 0.29) is 18.3 Å². The first kappa shape index (κ1) is 19.0. The Labute approximate surface area is 150 Å². The van der Waals surface area contributed by atoms with E-state index >= 15 is 0 Å². The summed E-state index contributed by atoms with van der Waals surface area (Å²) in [6, 6.07) is 8.66. The summed E-state index contributed by atoms with van der Waals surface area (Å²) in [6.45, 7) is 6.01. The fraction of sp³-hybridized carbons (Fsp3) is 0.611. The molecule has 2 aliphatic rings. The van der Waals surface area contributed by atoms with Crippen molar-refractivity contribution in [1.29, 1.82) is 0 Å². The van der Waals surface area contributed by atoms with Crippen LogP contribution in [0.5, 0.6) is 5.75 Å². The zero-order valence-corrected chi connectivity index (χ0v) is 15.2. The topological polar surface area (TPSA) is 44.8 Å². The standard InChI is InChI=1S/C18H27N3O2.ClH/c1-23-17-5-2-15(3-6-17)4-7-18(22)21-12-10-20(11-13-21)16-8-9-19-14-16;/h2-3,5-6,16,19H,4,7-14H2,1H3;1H. The minimum absolute atomic E-state index is 0. The maximum atomic E-state index is 12.4. The number of hydrogen-bond donors (Lipinski definition) is 1. The van der Waals surface area contributed by atoms with Crippen molar-refractivity contribution in [3.05, 3.63) is 29.8 Å². The van der Waals surface area contributed by atoms with E-state index in [2.05, 4.69) is 10.2 Å². The molecule has 2 aliphatic heterocycles. The molecule has 134 valence electrons. The molecule has 1 aromatic carbocycles. The zero-order valence-electron chi connectivity index (χ0n) is 14.4. The molecule has 1 atom stereocenters. The first-order valence-corrected chi connectivity index (χ1v) is 8.62. The van der Waals surface area contributed by atoms with Crippen LogP contribution in [0.1, 0.15) is 18.4 Å². The van der Waals surface area contributed by atoms with Gasteiger partial charge >= 0.3 is 0 Å². The average molecular weight is 354 g/mol. The number of hydrogen-bond acceptors (Lipinski definition) is 4. The van der Waals surface area contributed by atoms with Crippen molar-refractivity contribution in [2.24, 2.45) is 0 Å². The van der Waals surface area contributed by atoms with Gasteiger partial charge < -0.3 is 15.0 Å². The van der Waals surface area contributed by atoms with E-state index in [4.69, 9.17) is 4.74 Å². The lowest BCUT2D eigenvalue weighted by atomic mass is 10.1. The first-order valence-electron chi connectivity index (χ1n) is 8.62. The van der Waals surface area contributed by atoms with E-state index in [9.17, 15) is 4.79 Å². The zero-order chi connectivity index (χ0) is 16.1. The van der Waals surface area contributed by atoms with Crippen LogP contribution in [0.25, 0.3) is 0 Å². The van der Waals surface area contributed by atoms with Crippen molar-refractivity contribution >= 4 is 18.3 Å². The Bertz CT molecular complexity index is 510. The molecule has 0 bridgehead atoms. The summed E-state index contributed by atoms with van der Waals surface area (Å²) in [6.07, 6.45) is 2.64. The fourth-order valence-electron chi connectivity index (χ4n) is 3.49. The number of rotatable bonds is 5. The molecule has 3 rings (SSSR count). The normalized spacial score (nSPS) is 21.4. The van der Waals surface area contributed by atoms with Gasteiger partial charge in [-0.2, -0.15) is 0 Å². The summed E-state index contributed by atoms with van der Waals surface area (Å²) in [7, 11) is 1.67. The molecule has 0 aliphatic carbocycles. The molecular formula is C18H28ClN3O2. The molecule has 1 aromatic rings. The molecule has 24 heavy (non-hydrogen) atoms. The average Bonchev–Trinajstić information content (AvgIpc) is 3.15. The van der Waals surface area contributed by atoms with E-state index < -0.39 is 0 Å². The van der Waals surface area contributed by atoms with Crippen LogP contribution in [0, 0.1) is 0 Å². The molecule has 1 unspecified atom stereocenters. The number of carbonyl (C=O) groups excluding carboxylic acids is 1. The Balaban J connectivity index is 0.00000208. The number of halogens is 1. The molecule has 2 fully saturated rings. The molecule has 0 saturated carbocycles. The SMILES string of the molecule is COc1ccc(CCC(=O)N2CCN(C3CCNC3)CC2)cc1.Cl. The van der Waals surface area contributed by atoms with Gasteiger partial charge in [0.05, 0.1) is 7.11 Å². The Morgan fingerprint density at radius 1 is 1.21 bits per heavy atom. The van der Waals surface area contributed by atoms with Gasteiger partial charge in [-0.05, 0) is 37.1 Å². The smallest absolute Gasteiger partial charge is 0.222 e. The van der Waals surface area contributed by atoms with Crippen LogP contribution in [0.2, 0.25) is 0 Å². The van der Waals surface area contributed by atoms with Gasteiger partial charge in [-0.1, -0.05) is 12.1 Å². The van der Waals surface area contributed by atoms with Crippen LogP contribution < -0.4 is 10.1 Å². The summed E-state index contributed by atoms with van der Waals surface area (Å²) in [4.78, 5) is 17.0. The minimum Gasteiger partial charge on any atom is -0.497 e. The quantitative estimate of drug-likeness (QED) is 0.872. The van der Waals surface area contributed by atoms with Crippen molar-refractivity contribution < 1.29 is 9.53 Å². The summed E-state index contributed by atoms with van der Waals surface area (Å²) in [5, 5.41) is 3.42. The number of methoxy groups -OCH3 is 1. The van der Waals surface area contributed by atoms with Crippen molar-refractivity contribution in [3.8, 4) is 5.75 Å². The second-order valence-corrected chi connectivity index (χ2v) is 6.41. The third-order valence-corrected chi connectivity index (χ3v) is 5.00. The van der Waals surface area contributed by atoms with Crippen LogP contribution in [0.4, 0.5) is 0 Å². The lowest BCUT2D eigenvalue weighted by Crippen LogP contribution is -2.52. The van der Waals surface area contributed by atoms with Crippen molar-refractivity contribution in [2.45, 2.75) is 25.3 Å². The lowest BCUT2D eigenvalue weighted by molar-refractivity contribution is -0.133. The van der Waals surface area contributed by atoms with Crippen LogP contribution in [-0.2, 0) is 11.2 Å². The highest BCUT2D eigenvalue weighted by atomic mass is 35.5. The van der Waals surface area contributed by atoms with Gasteiger partial charge in [-0.15, -0.1) is 12.4 Å². The number of aryl methyl sites for hydroxylation is 1. The van der Waals surface area contributed by atoms with Crippen LogP contribution in [-0.4, -0.2) is 68.1 Å². The van der Waals surface area contributed by atoms with E-state index in [0.29, 0.717) is 12.5 Å². The Morgan fingerprint density at radius 2 is 1.92 bits per heavy atom.